The van der Waals surface area contributed by atoms with Crippen molar-refractivity contribution < 1.29 is 8.78 Å². The van der Waals surface area contributed by atoms with Crippen LogP contribution in [0.2, 0.25) is 0 Å². The van der Waals surface area contributed by atoms with Crippen LogP contribution in [0.3, 0.4) is 0 Å². The fourth-order valence-electron chi connectivity index (χ4n) is 1.85. The van der Waals surface area contributed by atoms with Crippen LogP contribution in [0.15, 0.2) is 36.4 Å². The predicted molar refractivity (Wildman–Crippen MR) is 74.0 cm³/mol. The Bertz CT molecular complexity index is 732. The molecule has 96 valence electrons. The van der Waals surface area contributed by atoms with E-state index in [2.05, 4.69) is 10.3 Å². The number of benzene rings is 2. The summed E-state index contributed by atoms with van der Waals surface area (Å²) in [6.07, 6.45) is 0. The van der Waals surface area contributed by atoms with Crippen LogP contribution in [0, 0.1) is 18.6 Å². The second-order valence-electron chi connectivity index (χ2n) is 4.19. The highest BCUT2D eigenvalue weighted by molar-refractivity contribution is 7.22. The highest BCUT2D eigenvalue weighted by atomic mass is 32.1. The minimum absolute atomic E-state index is 0.301. The van der Waals surface area contributed by atoms with E-state index in [1.807, 2.05) is 13.0 Å². The molecular formula is C14H10F2N2S. The number of aryl methyl sites for hydroxylation is 1. The van der Waals surface area contributed by atoms with Crippen molar-refractivity contribution in [3.8, 4) is 0 Å². The zero-order valence-corrected chi connectivity index (χ0v) is 10.9. The lowest BCUT2D eigenvalue weighted by atomic mass is 10.2. The van der Waals surface area contributed by atoms with Crippen LogP contribution >= 0.6 is 11.3 Å². The molecule has 0 fully saturated rings. The van der Waals surface area contributed by atoms with Gasteiger partial charge in [0.05, 0.1) is 15.9 Å². The summed E-state index contributed by atoms with van der Waals surface area (Å²) >= 11 is 1.29. The van der Waals surface area contributed by atoms with Crippen molar-refractivity contribution in [2.45, 2.75) is 6.92 Å². The second-order valence-corrected chi connectivity index (χ2v) is 5.22. The quantitative estimate of drug-likeness (QED) is 0.738. The van der Waals surface area contributed by atoms with Crippen molar-refractivity contribution in [1.29, 1.82) is 0 Å². The first-order valence-electron chi connectivity index (χ1n) is 5.72. The summed E-state index contributed by atoms with van der Waals surface area (Å²) < 4.78 is 27.5. The molecule has 0 amide bonds. The fraction of sp³-hybridized carbons (Fsp3) is 0.0714. The molecule has 0 aliphatic carbocycles. The topological polar surface area (TPSA) is 24.9 Å². The van der Waals surface area contributed by atoms with Crippen molar-refractivity contribution in [2.75, 3.05) is 5.32 Å². The minimum Gasteiger partial charge on any atom is -0.329 e. The van der Waals surface area contributed by atoms with Crippen LogP contribution in [0.25, 0.3) is 10.2 Å². The largest absolute Gasteiger partial charge is 0.329 e. The van der Waals surface area contributed by atoms with Crippen LogP contribution < -0.4 is 5.32 Å². The molecule has 0 unspecified atom stereocenters. The van der Waals surface area contributed by atoms with Crippen LogP contribution in [0.1, 0.15) is 5.56 Å². The Balaban J connectivity index is 2.01. The average molecular weight is 276 g/mol. The lowest BCUT2D eigenvalue weighted by molar-refractivity contribution is 0.630. The molecular weight excluding hydrogens is 266 g/mol. The first-order chi connectivity index (χ1) is 9.13. The van der Waals surface area contributed by atoms with Gasteiger partial charge in [-0.25, -0.2) is 13.8 Å². The van der Waals surface area contributed by atoms with Crippen molar-refractivity contribution in [2.24, 2.45) is 0 Å². The molecule has 1 heterocycles. The zero-order chi connectivity index (χ0) is 13.4. The maximum absolute atomic E-state index is 13.7. The predicted octanol–water partition coefficient (Wildman–Crippen LogP) is 4.63. The number of aromatic nitrogens is 1. The minimum atomic E-state index is -0.328. The van der Waals surface area contributed by atoms with Gasteiger partial charge in [0.1, 0.15) is 11.6 Å². The van der Waals surface area contributed by atoms with E-state index in [1.165, 1.54) is 29.5 Å². The Kier molecular flexibility index (Phi) is 2.91. The normalized spacial score (nSPS) is 10.9. The number of thiazole rings is 1. The van der Waals surface area contributed by atoms with Crippen molar-refractivity contribution in [3.05, 3.63) is 53.6 Å². The maximum atomic E-state index is 13.7. The van der Waals surface area contributed by atoms with E-state index in [0.29, 0.717) is 16.3 Å². The summed E-state index contributed by atoms with van der Waals surface area (Å²) in [5.74, 6) is -0.629. The van der Waals surface area contributed by atoms with Gasteiger partial charge in [-0.05, 0) is 36.8 Å². The lowest BCUT2D eigenvalue weighted by Crippen LogP contribution is -1.95. The number of rotatable bonds is 2. The van der Waals surface area contributed by atoms with Gasteiger partial charge in [-0.3, -0.25) is 0 Å². The van der Waals surface area contributed by atoms with Gasteiger partial charge in [-0.1, -0.05) is 23.5 Å². The molecule has 2 aromatic carbocycles. The van der Waals surface area contributed by atoms with Gasteiger partial charge in [0.25, 0.3) is 0 Å². The summed E-state index contributed by atoms with van der Waals surface area (Å²) in [6.45, 7) is 1.82. The van der Waals surface area contributed by atoms with Gasteiger partial charge in [-0.2, -0.15) is 0 Å². The molecule has 5 heteroatoms. The average Bonchev–Trinajstić information content (AvgIpc) is 2.75. The number of hydrogen-bond acceptors (Lipinski definition) is 3. The van der Waals surface area contributed by atoms with E-state index in [-0.39, 0.29) is 11.6 Å². The second kappa shape index (κ2) is 4.59. The van der Waals surface area contributed by atoms with Crippen molar-refractivity contribution >= 4 is 32.4 Å². The molecule has 0 spiro atoms. The monoisotopic (exact) mass is 276 g/mol. The van der Waals surface area contributed by atoms with E-state index in [9.17, 15) is 8.78 Å². The Morgan fingerprint density at radius 3 is 2.79 bits per heavy atom. The molecule has 2 nitrogen and oxygen atoms in total. The molecule has 3 rings (SSSR count). The summed E-state index contributed by atoms with van der Waals surface area (Å²) in [7, 11) is 0. The van der Waals surface area contributed by atoms with Crippen molar-refractivity contribution in [3.63, 3.8) is 0 Å². The molecule has 0 aliphatic rings. The standard InChI is InChI=1S/C14H10F2N2S/c1-8-3-2-4-10(16)13(8)18-14-17-11-6-5-9(15)7-12(11)19-14/h2-7H,1H3,(H,17,18). The molecule has 1 N–H and O–H groups in total. The fourth-order valence-corrected chi connectivity index (χ4v) is 2.74. The van der Waals surface area contributed by atoms with Gasteiger partial charge in [0.2, 0.25) is 0 Å². The summed E-state index contributed by atoms with van der Waals surface area (Å²) in [4.78, 5) is 4.31. The van der Waals surface area contributed by atoms with E-state index in [1.54, 1.807) is 12.1 Å². The molecule has 0 bridgehead atoms. The molecule has 0 atom stereocenters. The van der Waals surface area contributed by atoms with Crippen LogP contribution in [-0.4, -0.2) is 4.98 Å². The Hall–Kier alpha value is -2.01. The number of para-hydroxylation sites is 1. The number of nitrogens with one attached hydrogen (secondary N) is 1. The van der Waals surface area contributed by atoms with Crippen molar-refractivity contribution in [1.82, 2.24) is 4.98 Å². The van der Waals surface area contributed by atoms with E-state index in [0.717, 1.165) is 10.3 Å². The summed E-state index contributed by atoms with van der Waals surface area (Å²) in [5.41, 5.74) is 1.90. The van der Waals surface area contributed by atoms with Gasteiger partial charge in [0.15, 0.2) is 5.13 Å². The number of halogens is 2. The van der Waals surface area contributed by atoms with E-state index >= 15 is 0 Å². The third-order valence-corrected chi connectivity index (χ3v) is 3.74. The number of fused-ring (bicyclic) bond motifs is 1. The zero-order valence-electron chi connectivity index (χ0n) is 10.1. The summed E-state index contributed by atoms with van der Waals surface area (Å²) in [5, 5.41) is 3.51. The molecule has 19 heavy (non-hydrogen) atoms. The molecule has 0 radical (unpaired) electrons. The number of anilines is 2. The van der Waals surface area contributed by atoms with E-state index < -0.39 is 0 Å². The van der Waals surface area contributed by atoms with Gasteiger partial charge in [0, 0.05) is 0 Å². The van der Waals surface area contributed by atoms with Gasteiger partial charge < -0.3 is 5.32 Å². The molecule has 1 aromatic heterocycles. The van der Waals surface area contributed by atoms with Crippen LogP contribution in [0.5, 0.6) is 0 Å². The molecule has 0 saturated heterocycles. The van der Waals surface area contributed by atoms with Gasteiger partial charge >= 0.3 is 0 Å². The summed E-state index contributed by atoms with van der Waals surface area (Å²) in [6, 6.07) is 9.26. The lowest BCUT2D eigenvalue weighted by Gasteiger charge is -2.07. The Morgan fingerprint density at radius 1 is 1.16 bits per heavy atom. The number of nitrogens with zero attached hydrogens (tertiary/aromatic N) is 1. The Morgan fingerprint density at radius 2 is 2.00 bits per heavy atom. The molecule has 0 aliphatic heterocycles. The highest BCUT2D eigenvalue weighted by Gasteiger charge is 2.09. The van der Waals surface area contributed by atoms with Crippen LogP contribution in [0.4, 0.5) is 19.6 Å². The first-order valence-corrected chi connectivity index (χ1v) is 6.53. The maximum Gasteiger partial charge on any atom is 0.188 e. The number of hydrogen-bond donors (Lipinski definition) is 1. The third-order valence-electron chi connectivity index (χ3n) is 2.80. The smallest absolute Gasteiger partial charge is 0.188 e. The molecule has 0 saturated carbocycles. The molecule has 3 aromatic rings. The van der Waals surface area contributed by atoms with Gasteiger partial charge in [-0.15, -0.1) is 0 Å². The Labute approximate surface area is 112 Å². The highest BCUT2D eigenvalue weighted by Crippen LogP contribution is 2.30. The first kappa shape index (κ1) is 12.0. The third kappa shape index (κ3) is 2.29. The van der Waals surface area contributed by atoms with E-state index in [4.69, 9.17) is 0 Å². The SMILES string of the molecule is Cc1cccc(F)c1Nc1nc2ccc(F)cc2s1. The van der Waals surface area contributed by atoms with Crippen LogP contribution in [-0.2, 0) is 0 Å².